The Morgan fingerprint density at radius 1 is 1.44 bits per heavy atom. The number of hydrogen-bond donors (Lipinski definition) is 0. The summed E-state index contributed by atoms with van der Waals surface area (Å²) in [5, 5.41) is 0.116. The number of rotatable bonds is 3. The number of nitrogens with zero attached hydrogens (tertiary/aromatic N) is 3. The molecule has 7 heteroatoms. The van der Waals surface area contributed by atoms with E-state index in [1.54, 1.807) is 6.07 Å². The first-order valence-electron chi connectivity index (χ1n) is 5.69. The molecule has 1 aromatic heterocycles. The van der Waals surface area contributed by atoms with Gasteiger partial charge in [-0.25, -0.2) is 13.4 Å². The molecule has 0 bridgehead atoms. The smallest absolute Gasteiger partial charge is 0.260 e. The number of halogens is 1. The first kappa shape index (κ1) is 13.9. The van der Waals surface area contributed by atoms with Crippen LogP contribution >= 0.6 is 15.9 Å². The van der Waals surface area contributed by atoms with Gasteiger partial charge in [0, 0.05) is 29.8 Å². The topological polar surface area (TPSA) is 53.5 Å². The Hall–Kier alpha value is -0.500. The number of hydrogen-bond acceptors (Lipinski definition) is 4. The van der Waals surface area contributed by atoms with E-state index in [0.29, 0.717) is 13.1 Å². The molecule has 18 heavy (non-hydrogen) atoms. The highest BCUT2D eigenvalue weighted by molar-refractivity contribution is 9.10. The summed E-state index contributed by atoms with van der Waals surface area (Å²) in [6, 6.07) is 3.51. The van der Waals surface area contributed by atoms with E-state index in [4.69, 9.17) is 0 Å². The van der Waals surface area contributed by atoms with Crippen LogP contribution in [-0.2, 0) is 10.0 Å². The summed E-state index contributed by atoms with van der Waals surface area (Å²) >= 11 is 3.25. The van der Waals surface area contributed by atoms with Crippen LogP contribution in [0.15, 0.2) is 27.8 Å². The standard InChI is InChI=1S/C11H16BrN3O2S/c1-14(2)10-5-6-15(8-10)18(16,17)11-4-3-9(12)7-13-11/h3-4,7,10H,5-6,8H2,1-2H3/t10-/m1/s1. The summed E-state index contributed by atoms with van der Waals surface area (Å²) in [5.74, 6) is 0. The lowest BCUT2D eigenvalue weighted by atomic mass is 10.2. The highest BCUT2D eigenvalue weighted by atomic mass is 79.9. The predicted octanol–water partition coefficient (Wildman–Crippen LogP) is 1.17. The van der Waals surface area contributed by atoms with Crippen LogP contribution in [0.1, 0.15) is 6.42 Å². The molecule has 1 saturated heterocycles. The van der Waals surface area contributed by atoms with Gasteiger partial charge in [0.15, 0.2) is 5.03 Å². The van der Waals surface area contributed by atoms with E-state index in [9.17, 15) is 8.42 Å². The van der Waals surface area contributed by atoms with Gasteiger partial charge in [-0.2, -0.15) is 4.31 Å². The first-order valence-corrected chi connectivity index (χ1v) is 7.92. The number of aromatic nitrogens is 1. The molecule has 0 unspecified atom stereocenters. The molecule has 1 fully saturated rings. The zero-order valence-electron chi connectivity index (χ0n) is 10.4. The van der Waals surface area contributed by atoms with Crippen LogP contribution < -0.4 is 0 Å². The van der Waals surface area contributed by atoms with Crippen molar-refractivity contribution in [3.05, 3.63) is 22.8 Å². The molecule has 0 saturated carbocycles. The van der Waals surface area contributed by atoms with Gasteiger partial charge in [-0.3, -0.25) is 0 Å². The van der Waals surface area contributed by atoms with E-state index >= 15 is 0 Å². The van der Waals surface area contributed by atoms with Gasteiger partial charge in [-0.05, 0) is 48.6 Å². The molecule has 0 N–H and O–H groups in total. The fourth-order valence-electron chi connectivity index (χ4n) is 2.00. The van der Waals surface area contributed by atoms with Crippen molar-refractivity contribution >= 4 is 26.0 Å². The average Bonchev–Trinajstić information content (AvgIpc) is 2.79. The molecule has 100 valence electrons. The number of pyridine rings is 1. The van der Waals surface area contributed by atoms with E-state index in [1.807, 2.05) is 14.1 Å². The Kier molecular flexibility index (Phi) is 4.05. The molecule has 1 aliphatic heterocycles. The quantitative estimate of drug-likeness (QED) is 0.833. The summed E-state index contributed by atoms with van der Waals surface area (Å²) in [7, 11) is 0.495. The lowest BCUT2D eigenvalue weighted by Crippen LogP contribution is -2.34. The molecule has 0 radical (unpaired) electrons. The average molecular weight is 334 g/mol. The number of sulfonamides is 1. The number of likely N-dealkylation sites (N-methyl/N-ethyl adjacent to an activating group) is 1. The lowest BCUT2D eigenvalue weighted by Gasteiger charge is -2.19. The van der Waals surface area contributed by atoms with Gasteiger partial charge < -0.3 is 4.90 Å². The zero-order valence-corrected chi connectivity index (χ0v) is 12.8. The van der Waals surface area contributed by atoms with Crippen LogP contribution in [0.25, 0.3) is 0 Å². The molecule has 2 heterocycles. The van der Waals surface area contributed by atoms with E-state index in [0.717, 1.165) is 10.9 Å². The monoisotopic (exact) mass is 333 g/mol. The minimum atomic E-state index is -3.45. The van der Waals surface area contributed by atoms with Crippen molar-refractivity contribution in [1.82, 2.24) is 14.2 Å². The molecule has 5 nitrogen and oxygen atoms in total. The van der Waals surface area contributed by atoms with E-state index in [1.165, 1.54) is 16.6 Å². The third-order valence-electron chi connectivity index (χ3n) is 3.16. The van der Waals surface area contributed by atoms with Gasteiger partial charge in [0.05, 0.1) is 0 Å². The zero-order chi connectivity index (χ0) is 13.3. The molecule has 0 aliphatic carbocycles. The lowest BCUT2D eigenvalue weighted by molar-refractivity contribution is 0.302. The van der Waals surface area contributed by atoms with Gasteiger partial charge in [0.1, 0.15) is 0 Å². The summed E-state index contributed by atoms with van der Waals surface area (Å²) < 4.78 is 27.0. The Labute approximate surface area is 116 Å². The van der Waals surface area contributed by atoms with Gasteiger partial charge in [-0.15, -0.1) is 0 Å². The summed E-state index contributed by atoms with van der Waals surface area (Å²) in [6.45, 7) is 1.09. The summed E-state index contributed by atoms with van der Waals surface area (Å²) in [6.07, 6.45) is 2.37. The highest BCUT2D eigenvalue weighted by Crippen LogP contribution is 2.22. The van der Waals surface area contributed by atoms with Crippen LogP contribution in [0, 0.1) is 0 Å². The summed E-state index contributed by atoms with van der Waals surface area (Å²) in [5.41, 5.74) is 0. The van der Waals surface area contributed by atoms with Crippen molar-refractivity contribution in [2.45, 2.75) is 17.5 Å². The van der Waals surface area contributed by atoms with Gasteiger partial charge in [-0.1, -0.05) is 0 Å². The fourth-order valence-corrected chi connectivity index (χ4v) is 3.64. The maximum absolute atomic E-state index is 12.3. The van der Waals surface area contributed by atoms with Crippen molar-refractivity contribution in [3.63, 3.8) is 0 Å². The maximum Gasteiger partial charge on any atom is 0.260 e. The Morgan fingerprint density at radius 3 is 2.67 bits per heavy atom. The second-order valence-electron chi connectivity index (χ2n) is 4.58. The van der Waals surface area contributed by atoms with Gasteiger partial charge >= 0.3 is 0 Å². The Balaban J connectivity index is 2.20. The largest absolute Gasteiger partial charge is 0.305 e. The molecule has 1 aromatic rings. The van der Waals surface area contributed by atoms with Crippen molar-refractivity contribution < 1.29 is 8.42 Å². The van der Waals surface area contributed by atoms with Crippen LogP contribution in [0.5, 0.6) is 0 Å². The summed E-state index contributed by atoms with van der Waals surface area (Å²) in [4.78, 5) is 6.03. The van der Waals surface area contributed by atoms with Crippen LogP contribution in [0.2, 0.25) is 0 Å². The maximum atomic E-state index is 12.3. The predicted molar refractivity (Wildman–Crippen MR) is 72.8 cm³/mol. The molecule has 1 atom stereocenters. The molecular weight excluding hydrogens is 318 g/mol. The van der Waals surface area contributed by atoms with Crippen molar-refractivity contribution in [2.75, 3.05) is 27.2 Å². The van der Waals surface area contributed by atoms with Crippen LogP contribution in [0.3, 0.4) is 0 Å². The highest BCUT2D eigenvalue weighted by Gasteiger charge is 2.33. The first-order chi connectivity index (χ1) is 8.41. The normalized spacial score (nSPS) is 21.7. The van der Waals surface area contributed by atoms with Gasteiger partial charge in [0.25, 0.3) is 10.0 Å². The second kappa shape index (κ2) is 5.24. The third-order valence-corrected chi connectivity index (χ3v) is 5.41. The van der Waals surface area contributed by atoms with Crippen molar-refractivity contribution in [3.8, 4) is 0 Å². The molecule has 0 amide bonds. The second-order valence-corrected chi connectivity index (χ2v) is 7.38. The van der Waals surface area contributed by atoms with Crippen LogP contribution in [-0.4, -0.2) is 55.8 Å². The van der Waals surface area contributed by atoms with E-state index < -0.39 is 10.0 Å². The molecule has 0 aromatic carbocycles. The molecule has 0 spiro atoms. The van der Waals surface area contributed by atoms with E-state index in [2.05, 4.69) is 25.8 Å². The Bertz CT molecular complexity index is 516. The Morgan fingerprint density at radius 2 is 2.17 bits per heavy atom. The molecule has 1 aliphatic rings. The fraction of sp³-hybridized carbons (Fsp3) is 0.545. The van der Waals surface area contributed by atoms with Gasteiger partial charge in [0.2, 0.25) is 0 Å². The third kappa shape index (κ3) is 2.74. The SMILES string of the molecule is CN(C)[C@@H]1CCN(S(=O)(=O)c2ccc(Br)cn2)C1. The van der Waals surface area contributed by atoms with Crippen molar-refractivity contribution in [1.29, 1.82) is 0 Å². The van der Waals surface area contributed by atoms with Crippen molar-refractivity contribution in [2.24, 2.45) is 0 Å². The minimum absolute atomic E-state index is 0.116. The molecule has 2 rings (SSSR count). The van der Waals surface area contributed by atoms with Crippen LogP contribution in [0.4, 0.5) is 0 Å². The minimum Gasteiger partial charge on any atom is -0.305 e. The van der Waals surface area contributed by atoms with E-state index in [-0.39, 0.29) is 11.1 Å². The molecular formula is C11H16BrN3O2S.